The highest BCUT2D eigenvalue weighted by Gasteiger charge is 2.32. The van der Waals surface area contributed by atoms with Gasteiger partial charge in [0, 0.05) is 34.7 Å². The molecule has 1 unspecified atom stereocenters. The van der Waals surface area contributed by atoms with Gasteiger partial charge in [0.05, 0.1) is 7.11 Å². The van der Waals surface area contributed by atoms with Crippen LogP contribution in [0.1, 0.15) is 27.0 Å². The summed E-state index contributed by atoms with van der Waals surface area (Å²) >= 11 is 0. The lowest BCUT2D eigenvalue weighted by molar-refractivity contribution is -0.688. The molecule has 130 valence electrons. The van der Waals surface area contributed by atoms with Gasteiger partial charge in [0.1, 0.15) is 5.75 Å². The Balaban J connectivity index is 1.46. The van der Waals surface area contributed by atoms with E-state index in [9.17, 15) is 4.79 Å². The van der Waals surface area contributed by atoms with Gasteiger partial charge in [0.25, 0.3) is 0 Å². The molecule has 0 fully saturated rings. The van der Waals surface area contributed by atoms with E-state index in [1.807, 2.05) is 24.3 Å². The maximum atomic E-state index is 12.7. The van der Waals surface area contributed by atoms with E-state index in [1.165, 1.54) is 11.1 Å². The van der Waals surface area contributed by atoms with Crippen molar-refractivity contribution in [3.63, 3.8) is 0 Å². The van der Waals surface area contributed by atoms with E-state index < -0.39 is 0 Å². The summed E-state index contributed by atoms with van der Waals surface area (Å²) in [5.74, 6) is 1.07. The monoisotopic (exact) mass is 344 g/mol. The number of methoxy groups -OCH3 is 1. The van der Waals surface area contributed by atoms with Crippen molar-refractivity contribution in [3.05, 3.63) is 95.3 Å². The molecule has 0 saturated heterocycles. The van der Waals surface area contributed by atoms with Crippen molar-refractivity contribution in [3.8, 4) is 5.75 Å². The molecule has 0 N–H and O–H groups in total. The Kier molecular flexibility index (Phi) is 4.53. The van der Waals surface area contributed by atoms with Gasteiger partial charge in [-0.15, -0.1) is 0 Å². The van der Waals surface area contributed by atoms with E-state index in [-0.39, 0.29) is 11.7 Å². The second kappa shape index (κ2) is 7.12. The SMILES string of the molecule is COc1cccc2c1CC(Cc1cc[n+](Cc3ccccc3)cc1)C2=O. The average molecular weight is 344 g/mol. The van der Waals surface area contributed by atoms with E-state index >= 15 is 0 Å². The Morgan fingerprint density at radius 1 is 0.962 bits per heavy atom. The number of ketones is 1. The molecule has 1 aliphatic carbocycles. The molecule has 0 radical (unpaired) electrons. The summed E-state index contributed by atoms with van der Waals surface area (Å²) in [6.45, 7) is 0.853. The van der Waals surface area contributed by atoms with Crippen molar-refractivity contribution >= 4 is 5.78 Å². The lowest BCUT2D eigenvalue weighted by Crippen LogP contribution is -2.33. The Morgan fingerprint density at radius 3 is 2.46 bits per heavy atom. The fourth-order valence-corrected chi connectivity index (χ4v) is 3.73. The average Bonchev–Trinajstić information content (AvgIpc) is 3.00. The number of Topliss-reactive ketones (excluding diaryl/α,β-unsaturated/α-hetero) is 1. The molecule has 0 spiro atoms. The van der Waals surface area contributed by atoms with Crippen molar-refractivity contribution in [1.82, 2.24) is 0 Å². The van der Waals surface area contributed by atoms with Crippen LogP contribution in [0.3, 0.4) is 0 Å². The number of ether oxygens (including phenoxy) is 1. The third-order valence-corrected chi connectivity index (χ3v) is 5.09. The first-order valence-electron chi connectivity index (χ1n) is 8.96. The minimum atomic E-state index is 0.00581. The van der Waals surface area contributed by atoms with Gasteiger partial charge in [-0.05, 0) is 24.5 Å². The zero-order chi connectivity index (χ0) is 17.9. The van der Waals surface area contributed by atoms with Gasteiger partial charge in [-0.2, -0.15) is 0 Å². The number of nitrogens with zero attached hydrogens (tertiary/aromatic N) is 1. The van der Waals surface area contributed by atoms with Crippen LogP contribution in [-0.4, -0.2) is 12.9 Å². The van der Waals surface area contributed by atoms with Crippen LogP contribution in [0.4, 0.5) is 0 Å². The molecule has 0 bridgehead atoms. The Hall–Kier alpha value is -2.94. The summed E-state index contributed by atoms with van der Waals surface area (Å²) in [5.41, 5.74) is 4.35. The molecule has 3 heteroatoms. The largest absolute Gasteiger partial charge is 0.496 e. The summed E-state index contributed by atoms with van der Waals surface area (Å²) < 4.78 is 7.58. The molecule has 2 aromatic carbocycles. The van der Waals surface area contributed by atoms with Gasteiger partial charge in [0.15, 0.2) is 24.7 Å². The molecular weight excluding hydrogens is 322 g/mol. The van der Waals surface area contributed by atoms with E-state index in [0.717, 1.165) is 36.3 Å². The normalized spacial score (nSPS) is 15.7. The number of pyridine rings is 1. The van der Waals surface area contributed by atoms with Crippen molar-refractivity contribution < 1.29 is 14.1 Å². The third kappa shape index (κ3) is 3.25. The zero-order valence-corrected chi connectivity index (χ0v) is 14.9. The Morgan fingerprint density at radius 2 is 1.73 bits per heavy atom. The molecule has 3 nitrogen and oxygen atoms in total. The first-order valence-corrected chi connectivity index (χ1v) is 8.96. The summed E-state index contributed by atoms with van der Waals surface area (Å²) in [6, 6.07) is 20.4. The number of rotatable bonds is 5. The predicted octanol–water partition coefficient (Wildman–Crippen LogP) is 3.63. The molecule has 1 heterocycles. The third-order valence-electron chi connectivity index (χ3n) is 5.09. The highest BCUT2D eigenvalue weighted by molar-refractivity contribution is 6.03. The van der Waals surface area contributed by atoms with Crippen molar-refractivity contribution in [2.75, 3.05) is 7.11 Å². The van der Waals surface area contributed by atoms with Crippen LogP contribution >= 0.6 is 0 Å². The van der Waals surface area contributed by atoms with E-state index in [1.54, 1.807) is 7.11 Å². The minimum absolute atomic E-state index is 0.00581. The minimum Gasteiger partial charge on any atom is -0.496 e. The van der Waals surface area contributed by atoms with Crippen molar-refractivity contribution in [1.29, 1.82) is 0 Å². The van der Waals surface area contributed by atoms with Gasteiger partial charge in [0.2, 0.25) is 0 Å². The fraction of sp³-hybridized carbons (Fsp3) is 0.217. The van der Waals surface area contributed by atoms with Gasteiger partial charge >= 0.3 is 0 Å². The van der Waals surface area contributed by atoms with Gasteiger partial charge in [-0.25, -0.2) is 4.57 Å². The van der Waals surface area contributed by atoms with E-state index in [4.69, 9.17) is 4.74 Å². The molecule has 4 rings (SSSR count). The maximum absolute atomic E-state index is 12.7. The lowest BCUT2D eigenvalue weighted by atomic mass is 9.96. The summed E-state index contributed by atoms with van der Waals surface area (Å²) in [7, 11) is 1.66. The summed E-state index contributed by atoms with van der Waals surface area (Å²) in [4.78, 5) is 12.7. The number of aromatic nitrogens is 1. The van der Waals surface area contributed by atoms with Gasteiger partial charge in [-0.3, -0.25) is 4.79 Å². The van der Waals surface area contributed by atoms with Crippen LogP contribution in [0.5, 0.6) is 5.75 Å². The topological polar surface area (TPSA) is 30.2 Å². The first kappa shape index (κ1) is 16.5. The number of hydrogen-bond acceptors (Lipinski definition) is 2. The van der Waals surface area contributed by atoms with Crippen molar-refractivity contribution in [2.45, 2.75) is 19.4 Å². The highest BCUT2D eigenvalue weighted by atomic mass is 16.5. The molecule has 26 heavy (non-hydrogen) atoms. The number of carbonyl (C=O) groups excluding carboxylic acids is 1. The second-order valence-electron chi connectivity index (χ2n) is 6.82. The molecule has 1 aliphatic rings. The Labute approximate surface area is 153 Å². The van der Waals surface area contributed by atoms with Crippen LogP contribution in [0.2, 0.25) is 0 Å². The van der Waals surface area contributed by atoms with Crippen LogP contribution in [0.25, 0.3) is 0 Å². The summed E-state index contributed by atoms with van der Waals surface area (Å²) in [6.07, 6.45) is 5.71. The zero-order valence-electron chi connectivity index (χ0n) is 14.9. The quantitative estimate of drug-likeness (QED) is 0.662. The lowest BCUT2D eigenvalue weighted by Gasteiger charge is -2.08. The van der Waals surface area contributed by atoms with Crippen molar-refractivity contribution in [2.24, 2.45) is 5.92 Å². The fourth-order valence-electron chi connectivity index (χ4n) is 3.73. The summed E-state index contributed by atoms with van der Waals surface area (Å²) in [5, 5.41) is 0. The van der Waals surface area contributed by atoms with Crippen LogP contribution in [0.15, 0.2) is 73.1 Å². The van der Waals surface area contributed by atoms with Crippen LogP contribution < -0.4 is 9.30 Å². The standard InChI is InChI=1S/C23H22NO2/c1-26-22-9-5-8-20-21(22)15-19(23(20)25)14-17-10-12-24(13-11-17)16-18-6-3-2-4-7-18/h2-13,19H,14-16H2,1H3/q+1. The second-order valence-corrected chi connectivity index (χ2v) is 6.82. The molecular formula is C23H22NO2+. The molecule has 0 aliphatic heterocycles. The number of hydrogen-bond donors (Lipinski definition) is 0. The van der Waals surface area contributed by atoms with E-state index in [0.29, 0.717) is 0 Å². The molecule has 0 amide bonds. The van der Waals surface area contributed by atoms with Gasteiger partial charge in [-0.1, -0.05) is 42.5 Å². The molecule has 3 aromatic rings. The van der Waals surface area contributed by atoms with Crippen LogP contribution in [-0.2, 0) is 19.4 Å². The number of benzene rings is 2. The number of fused-ring (bicyclic) bond motifs is 1. The highest BCUT2D eigenvalue weighted by Crippen LogP contribution is 2.34. The predicted molar refractivity (Wildman–Crippen MR) is 100 cm³/mol. The molecule has 0 saturated carbocycles. The Bertz CT molecular complexity index is 917. The first-order chi connectivity index (χ1) is 12.7. The smallest absolute Gasteiger partial charge is 0.173 e. The van der Waals surface area contributed by atoms with Crippen LogP contribution in [0, 0.1) is 5.92 Å². The molecule has 1 atom stereocenters. The number of carbonyl (C=O) groups is 1. The van der Waals surface area contributed by atoms with E-state index in [2.05, 4.69) is 53.4 Å². The molecule has 1 aromatic heterocycles. The van der Waals surface area contributed by atoms with Gasteiger partial charge < -0.3 is 4.74 Å². The maximum Gasteiger partial charge on any atom is 0.173 e.